The Balaban J connectivity index is 1.89. The summed E-state index contributed by atoms with van der Waals surface area (Å²) < 4.78 is 7.70. The Kier molecular flexibility index (Phi) is 5.54. The number of likely N-dealkylation sites (tertiary alicyclic amines) is 1. The Bertz CT molecular complexity index is 416. The van der Waals surface area contributed by atoms with E-state index in [0.717, 1.165) is 33.4 Å². The minimum absolute atomic E-state index is 0.653. The molecule has 1 fully saturated rings. The van der Waals surface area contributed by atoms with Gasteiger partial charge < -0.3 is 15.4 Å². The van der Waals surface area contributed by atoms with E-state index in [-0.39, 0.29) is 0 Å². The van der Waals surface area contributed by atoms with Crippen molar-refractivity contribution in [3.63, 3.8) is 0 Å². The standard InChI is InChI=1S/C14H20Br2N2O/c1-18-6-3-2-4-11(18)5-7-19-14-12(15)8-10(17)9-13(14)16/h8-9,11H,2-7,17H2,1H3. The van der Waals surface area contributed by atoms with Crippen LogP contribution in [0.1, 0.15) is 25.7 Å². The lowest BCUT2D eigenvalue weighted by Gasteiger charge is -2.32. The highest BCUT2D eigenvalue weighted by atomic mass is 79.9. The van der Waals surface area contributed by atoms with Gasteiger partial charge in [0.1, 0.15) is 5.75 Å². The second kappa shape index (κ2) is 6.95. The molecule has 1 aliphatic rings. The molecule has 0 saturated carbocycles. The van der Waals surface area contributed by atoms with Crippen molar-refractivity contribution in [2.45, 2.75) is 31.7 Å². The van der Waals surface area contributed by atoms with Crippen LogP contribution in [0.15, 0.2) is 21.1 Å². The van der Waals surface area contributed by atoms with Gasteiger partial charge in [-0.2, -0.15) is 0 Å². The summed E-state index contributed by atoms with van der Waals surface area (Å²) in [7, 11) is 2.21. The van der Waals surface area contributed by atoms with Crippen LogP contribution in [0, 0.1) is 0 Å². The molecule has 3 nitrogen and oxygen atoms in total. The third-order valence-corrected chi connectivity index (χ3v) is 4.82. The molecule has 0 aromatic heterocycles. The molecule has 1 heterocycles. The summed E-state index contributed by atoms with van der Waals surface area (Å²) in [5.74, 6) is 0.840. The first-order valence-corrected chi connectivity index (χ1v) is 8.24. The van der Waals surface area contributed by atoms with Gasteiger partial charge >= 0.3 is 0 Å². The zero-order valence-electron chi connectivity index (χ0n) is 11.2. The van der Waals surface area contributed by atoms with Gasteiger partial charge in [0.05, 0.1) is 15.6 Å². The fourth-order valence-corrected chi connectivity index (χ4v) is 3.97. The number of benzene rings is 1. The molecule has 5 heteroatoms. The topological polar surface area (TPSA) is 38.5 Å². The summed E-state index contributed by atoms with van der Waals surface area (Å²) in [5.41, 5.74) is 6.49. The van der Waals surface area contributed by atoms with E-state index in [0.29, 0.717) is 6.04 Å². The number of rotatable bonds is 4. The number of nitrogens with zero attached hydrogens (tertiary/aromatic N) is 1. The Morgan fingerprint density at radius 1 is 1.32 bits per heavy atom. The summed E-state index contributed by atoms with van der Waals surface area (Å²) in [5, 5.41) is 0. The maximum atomic E-state index is 5.90. The van der Waals surface area contributed by atoms with Crippen LogP contribution in [0.25, 0.3) is 0 Å². The Morgan fingerprint density at radius 3 is 2.63 bits per heavy atom. The molecule has 0 aliphatic carbocycles. The zero-order valence-corrected chi connectivity index (χ0v) is 14.3. The van der Waals surface area contributed by atoms with Crippen LogP contribution in [0.2, 0.25) is 0 Å². The van der Waals surface area contributed by atoms with Gasteiger partial charge in [0.15, 0.2) is 0 Å². The quantitative estimate of drug-likeness (QED) is 0.787. The smallest absolute Gasteiger partial charge is 0.147 e. The van der Waals surface area contributed by atoms with E-state index in [2.05, 4.69) is 43.8 Å². The number of hydrogen-bond donors (Lipinski definition) is 1. The number of hydrogen-bond acceptors (Lipinski definition) is 3. The average Bonchev–Trinajstić information content (AvgIpc) is 2.34. The molecule has 1 saturated heterocycles. The first-order valence-electron chi connectivity index (χ1n) is 6.65. The summed E-state index contributed by atoms with van der Waals surface area (Å²) >= 11 is 6.98. The van der Waals surface area contributed by atoms with Crippen molar-refractivity contribution in [2.24, 2.45) is 0 Å². The highest BCUT2D eigenvalue weighted by molar-refractivity contribution is 9.11. The van der Waals surface area contributed by atoms with Crippen molar-refractivity contribution in [1.82, 2.24) is 4.90 Å². The van der Waals surface area contributed by atoms with E-state index in [4.69, 9.17) is 10.5 Å². The summed E-state index contributed by atoms with van der Waals surface area (Å²) in [6, 6.07) is 4.39. The van der Waals surface area contributed by atoms with Gasteiger partial charge in [0.25, 0.3) is 0 Å². The van der Waals surface area contributed by atoms with Gasteiger partial charge in [-0.3, -0.25) is 0 Å². The van der Waals surface area contributed by atoms with Crippen LogP contribution in [0.3, 0.4) is 0 Å². The fourth-order valence-electron chi connectivity index (χ4n) is 2.52. The number of ether oxygens (including phenoxy) is 1. The van der Waals surface area contributed by atoms with Crippen LogP contribution >= 0.6 is 31.9 Å². The lowest BCUT2D eigenvalue weighted by atomic mass is 10.0. The van der Waals surface area contributed by atoms with E-state index in [1.54, 1.807) is 0 Å². The van der Waals surface area contributed by atoms with E-state index in [1.807, 2.05) is 12.1 Å². The molecular weight excluding hydrogens is 372 g/mol. The minimum Gasteiger partial charge on any atom is -0.491 e. The molecule has 2 rings (SSSR count). The van der Waals surface area contributed by atoms with Gasteiger partial charge in [-0.15, -0.1) is 0 Å². The summed E-state index contributed by atoms with van der Waals surface area (Å²) in [4.78, 5) is 2.44. The fraction of sp³-hybridized carbons (Fsp3) is 0.571. The molecule has 0 spiro atoms. The highest BCUT2D eigenvalue weighted by Gasteiger charge is 2.19. The predicted molar refractivity (Wildman–Crippen MR) is 86.6 cm³/mol. The molecule has 1 unspecified atom stereocenters. The predicted octanol–water partition coefficient (Wildman–Crippen LogP) is 4.05. The molecule has 1 atom stereocenters. The van der Waals surface area contributed by atoms with E-state index < -0.39 is 0 Å². The second-order valence-electron chi connectivity index (χ2n) is 5.08. The molecule has 19 heavy (non-hydrogen) atoms. The lowest BCUT2D eigenvalue weighted by Crippen LogP contribution is -2.37. The van der Waals surface area contributed by atoms with Gasteiger partial charge in [-0.25, -0.2) is 0 Å². The van der Waals surface area contributed by atoms with Crippen LogP contribution in [-0.2, 0) is 0 Å². The highest BCUT2D eigenvalue weighted by Crippen LogP contribution is 2.35. The first kappa shape index (κ1) is 15.1. The van der Waals surface area contributed by atoms with Crippen molar-refractivity contribution in [2.75, 3.05) is 25.9 Å². The van der Waals surface area contributed by atoms with E-state index in [1.165, 1.54) is 25.8 Å². The van der Waals surface area contributed by atoms with Gasteiger partial charge in [0.2, 0.25) is 0 Å². The van der Waals surface area contributed by atoms with Crippen molar-refractivity contribution < 1.29 is 4.74 Å². The molecule has 0 radical (unpaired) electrons. The molecule has 0 bridgehead atoms. The van der Waals surface area contributed by atoms with Gasteiger partial charge in [-0.05, 0) is 76.8 Å². The molecular formula is C14H20Br2N2O. The van der Waals surface area contributed by atoms with Crippen molar-refractivity contribution in [1.29, 1.82) is 0 Å². The Morgan fingerprint density at radius 2 is 2.00 bits per heavy atom. The number of anilines is 1. The van der Waals surface area contributed by atoms with Crippen molar-refractivity contribution >= 4 is 37.5 Å². The minimum atomic E-state index is 0.653. The molecule has 0 amide bonds. The number of piperidine rings is 1. The normalized spacial score (nSPS) is 20.5. The molecule has 1 aliphatic heterocycles. The second-order valence-corrected chi connectivity index (χ2v) is 6.79. The summed E-state index contributed by atoms with van der Waals surface area (Å²) in [6.45, 7) is 1.94. The first-order chi connectivity index (χ1) is 9.08. The van der Waals surface area contributed by atoms with Crippen LogP contribution < -0.4 is 10.5 Å². The summed E-state index contributed by atoms with van der Waals surface area (Å²) in [6.07, 6.45) is 5.01. The monoisotopic (exact) mass is 390 g/mol. The molecule has 2 N–H and O–H groups in total. The van der Waals surface area contributed by atoms with E-state index >= 15 is 0 Å². The van der Waals surface area contributed by atoms with Crippen LogP contribution in [0.4, 0.5) is 5.69 Å². The van der Waals surface area contributed by atoms with Gasteiger partial charge in [0, 0.05) is 11.7 Å². The Hall–Kier alpha value is -0.260. The van der Waals surface area contributed by atoms with E-state index in [9.17, 15) is 0 Å². The number of nitrogen functional groups attached to an aromatic ring is 1. The maximum Gasteiger partial charge on any atom is 0.147 e. The Labute approximate surface area is 131 Å². The zero-order chi connectivity index (χ0) is 13.8. The number of halogens is 2. The third kappa shape index (κ3) is 4.10. The van der Waals surface area contributed by atoms with Crippen LogP contribution in [-0.4, -0.2) is 31.1 Å². The lowest BCUT2D eigenvalue weighted by molar-refractivity contribution is 0.152. The average molecular weight is 392 g/mol. The SMILES string of the molecule is CN1CCCCC1CCOc1c(Br)cc(N)cc1Br. The molecule has 106 valence electrons. The third-order valence-electron chi connectivity index (χ3n) is 3.64. The van der Waals surface area contributed by atoms with Gasteiger partial charge in [-0.1, -0.05) is 6.42 Å². The van der Waals surface area contributed by atoms with Crippen molar-refractivity contribution in [3.8, 4) is 5.75 Å². The number of nitrogens with two attached hydrogens (primary N) is 1. The van der Waals surface area contributed by atoms with Crippen LogP contribution in [0.5, 0.6) is 5.75 Å². The molecule has 1 aromatic rings. The van der Waals surface area contributed by atoms with Crippen molar-refractivity contribution in [3.05, 3.63) is 21.1 Å². The largest absolute Gasteiger partial charge is 0.491 e. The molecule has 1 aromatic carbocycles. The maximum absolute atomic E-state index is 5.90.